The summed E-state index contributed by atoms with van der Waals surface area (Å²) in [6.07, 6.45) is 4.26. The quantitative estimate of drug-likeness (QED) is 0.660. The number of carbonyl (C=O) groups is 1. The number of rotatable bonds is 5. The van der Waals surface area contributed by atoms with Gasteiger partial charge in [-0.15, -0.1) is 0 Å². The molecule has 30 heavy (non-hydrogen) atoms. The summed E-state index contributed by atoms with van der Waals surface area (Å²) in [4.78, 5) is 26.0. The van der Waals surface area contributed by atoms with E-state index >= 15 is 0 Å². The molecule has 7 nitrogen and oxygen atoms in total. The number of aliphatic hydroxyl groups excluding tert-OH is 1. The third-order valence-electron chi connectivity index (χ3n) is 5.43. The molecular weight excluding hydrogens is 380 g/mol. The van der Waals surface area contributed by atoms with Crippen molar-refractivity contribution < 1.29 is 14.6 Å². The Morgan fingerprint density at radius 2 is 2.07 bits per heavy atom. The molecule has 0 spiro atoms. The molecule has 2 aromatic heterocycles. The summed E-state index contributed by atoms with van der Waals surface area (Å²) in [5.41, 5.74) is 6.08. The van der Waals surface area contributed by atoms with Crippen LogP contribution in [0.4, 0.5) is 0 Å². The first-order valence-electron chi connectivity index (χ1n) is 9.89. The van der Waals surface area contributed by atoms with E-state index in [1.54, 1.807) is 6.20 Å². The van der Waals surface area contributed by atoms with Crippen LogP contribution >= 0.6 is 0 Å². The molecule has 0 saturated heterocycles. The van der Waals surface area contributed by atoms with Crippen molar-refractivity contribution in [1.29, 1.82) is 0 Å². The van der Waals surface area contributed by atoms with Gasteiger partial charge in [0.2, 0.25) is 0 Å². The number of benzene rings is 1. The van der Waals surface area contributed by atoms with Crippen LogP contribution < -0.4 is 0 Å². The van der Waals surface area contributed by atoms with Gasteiger partial charge < -0.3 is 9.84 Å². The fraction of sp³-hybridized carbons (Fsp3) is 0.304. The van der Waals surface area contributed by atoms with E-state index in [1.807, 2.05) is 44.3 Å². The lowest BCUT2D eigenvalue weighted by atomic mass is 9.98. The first kappa shape index (κ1) is 20.0. The van der Waals surface area contributed by atoms with Gasteiger partial charge in [-0.1, -0.05) is 6.07 Å². The lowest BCUT2D eigenvalue weighted by molar-refractivity contribution is -0.140. The second kappa shape index (κ2) is 8.20. The van der Waals surface area contributed by atoms with Crippen molar-refractivity contribution in [2.24, 2.45) is 4.99 Å². The van der Waals surface area contributed by atoms with Crippen LogP contribution in [0.15, 0.2) is 47.7 Å². The van der Waals surface area contributed by atoms with E-state index in [0.717, 1.165) is 45.3 Å². The molecule has 1 aliphatic heterocycles. The number of aryl methyl sites for hydroxylation is 2. The van der Waals surface area contributed by atoms with Gasteiger partial charge in [0, 0.05) is 30.1 Å². The Hall–Kier alpha value is -3.32. The Morgan fingerprint density at radius 1 is 1.23 bits per heavy atom. The SMILES string of the molecule is COC(=O)CC[C@@H]1N=C(c2ccccn2)c2cc(CO)c(C)cc2-n2c(C)cnc21. The van der Waals surface area contributed by atoms with Crippen molar-refractivity contribution >= 4 is 11.7 Å². The molecule has 1 N–H and O–H groups in total. The molecule has 0 unspecified atom stereocenters. The summed E-state index contributed by atoms with van der Waals surface area (Å²) in [7, 11) is 1.39. The van der Waals surface area contributed by atoms with Crippen LogP contribution in [0, 0.1) is 13.8 Å². The number of methoxy groups -OCH3 is 1. The largest absolute Gasteiger partial charge is 0.469 e. The molecule has 1 aliphatic rings. The van der Waals surface area contributed by atoms with Gasteiger partial charge in [-0.2, -0.15) is 0 Å². The monoisotopic (exact) mass is 404 g/mol. The molecule has 3 heterocycles. The summed E-state index contributed by atoms with van der Waals surface area (Å²) < 4.78 is 6.92. The maximum atomic E-state index is 11.8. The summed E-state index contributed by atoms with van der Waals surface area (Å²) in [5, 5.41) is 9.86. The number of aliphatic hydroxyl groups is 1. The minimum Gasteiger partial charge on any atom is -0.469 e. The Morgan fingerprint density at radius 3 is 2.77 bits per heavy atom. The maximum Gasteiger partial charge on any atom is 0.305 e. The molecular formula is C23H24N4O3. The molecule has 7 heteroatoms. The first-order chi connectivity index (χ1) is 14.5. The smallest absolute Gasteiger partial charge is 0.305 e. The van der Waals surface area contributed by atoms with E-state index in [2.05, 4.69) is 20.6 Å². The van der Waals surface area contributed by atoms with E-state index in [9.17, 15) is 9.90 Å². The predicted molar refractivity (Wildman–Crippen MR) is 113 cm³/mol. The fourth-order valence-corrected chi connectivity index (χ4v) is 3.83. The van der Waals surface area contributed by atoms with Gasteiger partial charge in [-0.05, 0) is 55.7 Å². The van der Waals surface area contributed by atoms with Gasteiger partial charge in [-0.25, -0.2) is 4.98 Å². The van der Waals surface area contributed by atoms with Gasteiger partial charge in [0.1, 0.15) is 11.9 Å². The average molecular weight is 404 g/mol. The molecule has 0 fully saturated rings. The molecule has 1 atom stereocenters. The number of nitrogens with zero attached hydrogens (tertiary/aromatic N) is 4. The predicted octanol–water partition coefficient (Wildman–Crippen LogP) is 3.22. The molecule has 0 radical (unpaired) electrons. The molecule has 0 bridgehead atoms. The summed E-state index contributed by atoms with van der Waals surface area (Å²) in [5.74, 6) is 0.499. The van der Waals surface area contributed by atoms with Crippen LogP contribution in [0.25, 0.3) is 5.69 Å². The normalized spacial score (nSPS) is 15.1. The second-order valence-corrected chi connectivity index (χ2v) is 7.37. The highest BCUT2D eigenvalue weighted by Crippen LogP contribution is 2.34. The van der Waals surface area contributed by atoms with Crippen LogP contribution in [0.3, 0.4) is 0 Å². The lowest BCUT2D eigenvalue weighted by Crippen LogP contribution is -2.11. The maximum absolute atomic E-state index is 11.8. The molecule has 3 aromatic rings. The third kappa shape index (κ3) is 3.52. The highest BCUT2D eigenvalue weighted by Gasteiger charge is 2.28. The van der Waals surface area contributed by atoms with Gasteiger partial charge in [0.25, 0.3) is 0 Å². The van der Waals surface area contributed by atoms with Crippen molar-refractivity contribution in [2.45, 2.75) is 39.3 Å². The Labute approximate surface area is 175 Å². The third-order valence-corrected chi connectivity index (χ3v) is 5.43. The number of ether oxygens (including phenoxy) is 1. The molecule has 4 rings (SSSR count). The summed E-state index contributed by atoms with van der Waals surface area (Å²) in [6, 6.07) is 9.40. The van der Waals surface area contributed by atoms with E-state index in [4.69, 9.17) is 9.73 Å². The van der Waals surface area contributed by atoms with Crippen molar-refractivity contribution in [3.8, 4) is 5.69 Å². The number of imidazole rings is 1. The summed E-state index contributed by atoms with van der Waals surface area (Å²) >= 11 is 0. The minimum absolute atomic E-state index is 0.0594. The highest BCUT2D eigenvalue weighted by atomic mass is 16.5. The van der Waals surface area contributed by atoms with E-state index < -0.39 is 0 Å². The second-order valence-electron chi connectivity index (χ2n) is 7.37. The van der Waals surface area contributed by atoms with Gasteiger partial charge in [0.05, 0.1) is 30.8 Å². The van der Waals surface area contributed by atoms with Gasteiger partial charge in [-0.3, -0.25) is 19.3 Å². The van der Waals surface area contributed by atoms with Crippen LogP contribution in [-0.2, 0) is 16.1 Å². The van der Waals surface area contributed by atoms with Gasteiger partial charge in [0.15, 0.2) is 0 Å². The number of pyridine rings is 1. The lowest BCUT2D eigenvalue weighted by Gasteiger charge is -2.16. The molecule has 0 amide bonds. The number of esters is 1. The minimum atomic E-state index is -0.333. The van der Waals surface area contributed by atoms with E-state index in [0.29, 0.717) is 6.42 Å². The van der Waals surface area contributed by atoms with Crippen molar-refractivity contribution in [3.63, 3.8) is 0 Å². The Balaban J connectivity index is 1.97. The molecule has 1 aromatic carbocycles. The zero-order valence-electron chi connectivity index (χ0n) is 17.3. The van der Waals surface area contributed by atoms with Crippen LogP contribution in [0.5, 0.6) is 0 Å². The topological polar surface area (TPSA) is 89.6 Å². The average Bonchev–Trinajstić information content (AvgIpc) is 3.09. The number of fused-ring (bicyclic) bond motifs is 3. The Kier molecular flexibility index (Phi) is 5.46. The molecule has 154 valence electrons. The van der Waals surface area contributed by atoms with E-state index in [-0.39, 0.29) is 25.0 Å². The van der Waals surface area contributed by atoms with Crippen LogP contribution in [-0.4, -0.2) is 38.4 Å². The number of hydrogen-bond acceptors (Lipinski definition) is 6. The van der Waals surface area contributed by atoms with E-state index in [1.165, 1.54) is 7.11 Å². The molecule has 0 saturated carbocycles. The summed E-state index contributed by atoms with van der Waals surface area (Å²) in [6.45, 7) is 3.92. The number of carbonyl (C=O) groups excluding carboxylic acids is 1. The molecule has 0 aliphatic carbocycles. The fourth-order valence-electron chi connectivity index (χ4n) is 3.83. The Bertz CT molecular complexity index is 1120. The number of aliphatic imine (C=N–C) groups is 1. The number of hydrogen-bond donors (Lipinski definition) is 1. The van der Waals surface area contributed by atoms with Crippen LogP contribution in [0.1, 0.15) is 52.8 Å². The number of aromatic nitrogens is 3. The van der Waals surface area contributed by atoms with Crippen molar-refractivity contribution in [2.75, 3.05) is 7.11 Å². The highest BCUT2D eigenvalue weighted by molar-refractivity contribution is 6.14. The van der Waals surface area contributed by atoms with Crippen molar-refractivity contribution in [1.82, 2.24) is 14.5 Å². The standard InChI is InChI=1S/C23H24N4O3/c1-14-10-20-17(11-16(14)13-28)22(18-6-4-5-9-24-18)26-19(7-8-21(29)30-3)23-25-12-15(2)27(20)23/h4-6,9-12,19,28H,7-8,13H2,1-3H3/t19-/m0/s1. The first-order valence-corrected chi connectivity index (χ1v) is 9.89. The zero-order valence-corrected chi connectivity index (χ0v) is 17.3. The van der Waals surface area contributed by atoms with Crippen molar-refractivity contribution in [3.05, 3.63) is 76.6 Å². The zero-order chi connectivity index (χ0) is 21.3. The van der Waals surface area contributed by atoms with Gasteiger partial charge >= 0.3 is 5.97 Å². The van der Waals surface area contributed by atoms with Crippen LogP contribution in [0.2, 0.25) is 0 Å².